The minimum atomic E-state index is 0.688. The van der Waals surface area contributed by atoms with Gasteiger partial charge in [0.25, 0.3) is 0 Å². The van der Waals surface area contributed by atoms with E-state index in [1.54, 1.807) is 0 Å². The first-order valence-electron chi connectivity index (χ1n) is 6.31. The Labute approximate surface area is 109 Å². The molecule has 0 bridgehead atoms. The maximum Gasteiger partial charge on any atom is 0.0717 e. The molecule has 0 fully saturated rings. The van der Waals surface area contributed by atoms with Gasteiger partial charge in [0.2, 0.25) is 0 Å². The third-order valence-electron chi connectivity index (χ3n) is 2.71. The topological polar surface area (TPSA) is 21.3 Å². The van der Waals surface area contributed by atoms with Crippen LogP contribution in [-0.4, -0.2) is 13.2 Å². The minimum Gasteiger partial charge on any atom is -0.375 e. The molecule has 0 aliphatic carbocycles. The van der Waals surface area contributed by atoms with Gasteiger partial charge >= 0.3 is 0 Å². The molecule has 0 aromatic heterocycles. The molecule has 0 amide bonds. The van der Waals surface area contributed by atoms with Gasteiger partial charge in [-0.3, -0.25) is 0 Å². The minimum absolute atomic E-state index is 0.688. The molecule has 0 saturated heterocycles. The highest BCUT2D eigenvalue weighted by Crippen LogP contribution is 2.00. The largest absolute Gasteiger partial charge is 0.375 e. The molecule has 18 heavy (non-hydrogen) atoms. The van der Waals surface area contributed by atoms with Gasteiger partial charge < -0.3 is 10.1 Å². The van der Waals surface area contributed by atoms with Crippen LogP contribution >= 0.6 is 0 Å². The maximum atomic E-state index is 5.60. The van der Waals surface area contributed by atoms with Crippen LogP contribution in [0.3, 0.4) is 0 Å². The van der Waals surface area contributed by atoms with Gasteiger partial charge in [0, 0.05) is 13.1 Å². The quantitative estimate of drug-likeness (QED) is 0.752. The summed E-state index contributed by atoms with van der Waals surface area (Å²) in [4.78, 5) is 0. The summed E-state index contributed by atoms with van der Waals surface area (Å²) in [6, 6.07) is 20.6. The van der Waals surface area contributed by atoms with E-state index in [0.29, 0.717) is 6.61 Å². The Bertz CT molecular complexity index is 384. The molecule has 0 saturated carbocycles. The number of nitrogens with one attached hydrogen (secondary N) is 1. The van der Waals surface area contributed by atoms with E-state index in [9.17, 15) is 0 Å². The summed E-state index contributed by atoms with van der Waals surface area (Å²) in [6.07, 6.45) is 0. The lowest BCUT2D eigenvalue weighted by molar-refractivity contribution is 0.122. The van der Waals surface area contributed by atoms with Crippen molar-refractivity contribution in [1.29, 1.82) is 0 Å². The van der Waals surface area contributed by atoms with Crippen molar-refractivity contribution in [2.45, 2.75) is 13.2 Å². The lowest BCUT2D eigenvalue weighted by Gasteiger charge is -2.06. The van der Waals surface area contributed by atoms with Gasteiger partial charge in [0.1, 0.15) is 0 Å². The second kappa shape index (κ2) is 7.64. The molecule has 1 N–H and O–H groups in total. The first-order valence-corrected chi connectivity index (χ1v) is 6.31. The van der Waals surface area contributed by atoms with Crippen molar-refractivity contribution in [1.82, 2.24) is 5.32 Å². The van der Waals surface area contributed by atoms with E-state index >= 15 is 0 Å². The molecule has 2 rings (SSSR count). The fourth-order valence-corrected chi connectivity index (χ4v) is 1.74. The third kappa shape index (κ3) is 4.70. The summed E-state index contributed by atoms with van der Waals surface area (Å²) in [6.45, 7) is 3.20. The number of hydrogen-bond donors (Lipinski definition) is 1. The second-order valence-corrected chi connectivity index (χ2v) is 4.20. The standard InChI is InChI=1S/C16H19NO/c1-3-7-15(8-4-1)13-17-11-12-18-14-16-9-5-2-6-10-16/h1-10,17H,11-14H2. The Morgan fingerprint density at radius 3 is 2.06 bits per heavy atom. The third-order valence-corrected chi connectivity index (χ3v) is 2.71. The average Bonchev–Trinajstić information content (AvgIpc) is 2.45. The fourth-order valence-electron chi connectivity index (χ4n) is 1.74. The zero-order chi connectivity index (χ0) is 12.5. The Morgan fingerprint density at radius 2 is 1.39 bits per heavy atom. The predicted octanol–water partition coefficient (Wildman–Crippen LogP) is 2.99. The molecular weight excluding hydrogens is 222 g/mol. The first kappa shape index (κ1) is 12.8. The molecule has 94 valence electrons. The molecule has 0 unspecified atom stereocenters. The maximum absolute atomic E-state index is 5.60. The summed E-state index contributed by atoms with van der Waals surface area (Å²) in [5.74, 6) is 0. The summed E-state index contributed by atoms with van der Waals surface area (Å²) in [5.41, 5.74) is 2.53. The summed E-state index contributed by atoms with van der Waals surface area (Å²) < 4.78 is 5.60. The average molecular weight is 241 g/mol. The van der Waals surface area contributed by atoms with E-state index in [-0.39, 0.29) is 0 Å². The zero-order valence-electron chi connectivity index (χ0n) is 10.5. The monoisotopic (exact) mass is 241 g/mol. The number of rotatable bonds is 7. The zero-order valence-corrected chi connectivity index (χ0v) is 10.5. The SMILES string of the molecule is c1ccc(CNCCOCc2ccccc2)cc1. The second-order valence-electron chi connectivity index (χ2n) is 4.20. The summed E-state index contributed by atoms with van der Waals surface area (Å²) in [7, 11) is 0. The molecule has 0 radical (unpaired) electrons. The highest BCUT2D eigenvalue weighted by Gasteiger charge is 1.93. The Morgan fingerprint density at radius 1 is 0.778 bits per heavy atom. The van der Waals surface area contributed by atoms with Crippen molar-refractivity contribution < 1.29 is 4.74 Å². The van der Waals surface area contributed by atoms with Crippen molar-refractivity contribution in [2.24, 2.45) is 0 Å². The van der Waals surface area contributed by atoms with E-state index < -0.39 is 0 Å². The molecule has 0 aliphatic rings. The number of ether oxygens (including phenoxy) is 1. The van der Waals surface area contributed by atoms with E-state index in [4.69, 9.17) is 4.74 Å². The molecule has 2 aromatic rings. The van der Waals surface area contributed by atoms with Gasteiger partial charge in [-0.15, -0.1) is 0 Å². The molecule has 2 heteroatoms. The van der Waals surface area contributed by atoms with Crippen molar-refractivity contribution in [3.63, 3.8) is 0 Å². The first-order chi connectivity index (χ1) is 8.95. The molecule has 2 aromatic carbocycles. The van der Waals surface area contributed by atoms with Gasteiger partial charge in [-0.1, -0.05) is 60.7 Å². The van der Waals surface area contributed by atoms with Gasteiger partial charge in [0.05, 0.1) is 13.2 Å². The van der Waals surface area contributed by atoms with E-state index in [0.717, 1.165) is 19.7 Å². The molecule has 0 atom stereocenters. The van der Waals surface area contributed by atoms with Gasteiger partial charge in [-0.2, -0.15) is 0 Å². The number of hydrogen-bond acceptors (Lipinski definition) is 2. The summed E-state index contributed by atoms with van der Waals surface area (Å²) >= 11 is 0. The van der Waals surface area contributed by atoms with Crippen LogP contribution in [0.5, 0.6) is 0 Å². The van der Waals surface area contributed by atoms with Gasteiger partial charge in [-0.25, -0.2) is 0 Å². The van der Waals surface area contributed by atoms with Crippen LogP contribution in [0.2, 0.25) is 0 Å². The van der Waals surface area contributed by atoms with Crippen molar-refractivity contribution in [3.8, 4) is 0 Å². The smallest absolute Gasteiger partial charge is 0.0717 e. The molecule has 0 aliphatic heterocycles. The molecule has 2 nitrogen and oxygen atoms in total. The highest BCUT2D eigenvalue weighted by molar-refractivity contribution is 5.14. The van der Waals surface area contributed by atoms with Crippen LogP contribution in [0.15, 0.2) is 60.7 Å². The Hall–Kier alpha value is -1.64. The van der Waals surface area contributed by atoms with Crippen LogP contribution in [0.1, 0.15) is 11.1 Å². The Balaban J connectivity index is 1.54. The molecule has 0 heterocycles. The normalized spacial score (nSPS) is 10.4. The predicted molar refractivity (Wildman–Crippen MR) is 74.2 cm³/mol. The van der Waals surface area contributed by atoms with Crippen LogP contribution in [0.4, 0.5) is 0 Å². The highest BCUT2D eigenvalue weighted by atomic mass is 16.5. The van der Waals surface area contributed by atoms with E-state index in [1.165, 1.54) is 11.1 Å². The van der Waals surface area contributed by atoms with Crippen LogP contribution < -0.4 is 5.32 Å². The lowest BCUT2D eigenvalue weighted by atomic mass is 10.2. The Kier molecular flexibility index (Phi) is 5.44. The van der Waals surface area contributed by atoms with Crippen molar-refractivity contribution >= 4 is 0 Å². The van der Waals surface area contributed by atoms with Crippen molar-refractivity contribution in [2.75, 3.05) is 13.2 Å². The lowest BCUT2D eigenvalue weighted by Crippen LogP contribution is -2.19. The van der Waals surface area contributed by atoms with Crippen LogP contribution in [-0.2, 0) is 17.9 Å². The van der Waals surface area contributed by atoms with Crippen LogP contribution in [0, 0.1) is 0 Å². The molecular formula is C16H19NO. The van der Waals surface area contributed by atoms with Crippen LogP contribution in [0.25, 0.3) is 0 Å². The van der Waals surface area contributed by atoms with Gasteiger partial charge in [0.15, 0.2) is 0 Å². The van der Waals surface area contributed by atoms with E-state index in [2.05, 4.69) is 41.7 Å². The summed E-state index contributed by atoms with van der Waals surface area (Å²) in [5, 5.41) is 3.36. The fraction of sp³-hybridized carbons (Fsp3) is 0.250. The molecule has 0 spiro atoms. The van der Waals surface area contributed by atoms with E-state index in [1.807, 2.05) is 24.3 Å². The van der Waals surface area contributed by atoms with Gasteiger partial charge in [-0.05, 0) is 11.1 Å². The van der Waals surface area contributed by atoms with Crippen molar-refractivity contribution in [3.05, 3.63) is 71.8 Å². The number of benzene rings is 2.